The maximum absolute atomic E-state index is 12.1. The van der Waals surface area contributed by atoms with Gasteiger partial charge >= 0.3 is 6.03 Å². The van der Waals surface area contributed by atoms with Crippen LogP contribution in [-0.2, 0) is 13.1 Å². The lowest BCUT2D eigenvalue weighted by atomic mass is 10.1. The highest BCUT2D eigenvalue weighted by atomic mass is 16.2. The third-order valence-electron chi connectivity index (χ3n) is 4.97. The van der Waals surface area contributed by atoms with Crippen LogP contribution in [0.25, 0.3) is 0 Å². The molecule has 4 nitrogen and oxygen atoms in total. The van der Waals surface area contributed by atoms with E-state index < -0.39 is 0 Å². The third-order valence-corrected chi connectivity index (χ3v) is 4.97. The van der Waals surface area contributed by atoms with E-state index in [0.717, 1.165) is 38.0 Å². The highest BCUT2D eigenvalue weighted by Gasteiger charge is 2.14. The zero-order chi connectivity index (χ0) is 17.2. The molecular weight excluding hydrogens is 298 g/mol. The first-order chi connectivity index (χ1) is 11.7. The largest absolute Gasteiger partial charge is 0.335 e. The number of rotatable bonds is 7. The van der Waals surface area contributed by atoms with Crippen LogP contribution in [0.4, 0.5) is 4.79 Å². The maximum Gasteiger partial charge on any atom is 0.315 e. The zero-order valence-electron chi connectivity index (χ0n) is 15.3. The molecular formula is C20H33N3O. The van der Waals surface area contributed by atoms with E-state index in [1.807, 2.05) is 0 Å². The molecule has 0 radical (unpaired) electrons. The molecule has 1 aromatic rings. The SMILES string of the molecule is CCN(CC)Cc1ccc(CNC(=O)NC2CCCCCC2)cc1. The van der Waals surface area contributed by atoms with Gasteiger partial charge in [0.15, 0.2) is 0 Å². The number of nitrogens with zero attached hydrogens (tertiary/aromatic N) is 1. The summed E-state index contributed by atoms with van der Waals surface area (Å²) in [6.07, 6.45) is 7.32. The van der Waals surface area contributed by atoms with Gasteiger partial charge in [0.1, 0.15) is 0 Å². The Labute approximate surface area is 147 Å². The number of benzene rings is 1. The Morgan fingerprint density at radius 1 is 1.00 bits per heavy atom. The van der Waals surface area contributed by atoms with Gasteiger partial charge in [-0.3, -0.25) is 4.90 Å². The molecule has 0 unspecified atom stereocenters. The zero-order valence-corrected chi connectivity index (χ0v) is 15.3. The summed E-state index contributed by atoms with van der Waals surface area (Å²) in [5, 5.41) is 6.11. The smallest absolute Gasteiger partial charge is 0.315 e. The van der Waals surface area contributed by atoms with Crippen molar-refractivity contribution >= 4 is 6.03 Å². The van der Waals surface area contributed by atoms with E-state index in [4.69, 9.17) is 0 Å². The molecule has 2 rings (SSSR count). The van der Waals surface area contributed by atoms with Gasteiger partial charge in [-0.05, 0) is 37.1 Å². The third kappa shape index (κ3) is 6.52. The molecule has 2 N–H and O–H groups in total. The van der Waals surface area contributed by atoms with Crippen LogP contribution in [0.2, 0.25) is 0 Å². The summed E-state index contributed by atoms with van der Waals surface area (Å²) in [7, 11) is 0. The summed E-state index contributed by atoms with van der Waals surface area (Å²) in [5.41, 5.74) is 2.47. The normalized spacial score (nSPS) is 16.0. The molecule has 1 saturated carbocycles. The summed E-state index contributed by atoms with van der Waals surface area (Å²) in [5.74, 6) is 0. The molecule has 2 amide bonds. The Hall–Kier alpha value is -1.55. The van der Waals surface area contributed by atoms with Crippen molar-refractivity contribution in [3.05, 3.63) is 35.4 Å². The van der Waals surface area contributed by atoms with Crippen LogP contribution in [0.1, 0.15) is 63.5 Å². The van der Waals surface area contributed by atoms with Crippen molar-refractivity contribution in [1.29, 1.82) is 0 Å². The molecule has 0 aliphatic heterocycles. The minimum Gasteiger partial charge on any atom is -0.335 e. The summed E-state index contributed by atoms with van der Waals surface area (Å²) in [4.78, 5) is 14.5. The van der Waals surface area contributed by atoms with Gasteiger partial charge in [0, 0.05) is 19.1 Å². The molecule has 24 heavy (non-hydrogen) atoms. The molecule has 0 bridgehead atoms. The van der Waals surface area contributed by atoms with Gasteiger partial charge in [-0.15, -0.1) is 0 Å². The summed E-state index contributed by atoms with van der Waals surface area (Å²) < 4.78 is 0. The Morgan fingerprint density at radius 3 is 2.17 bits per heavy atom. The van der Waals surface area contributed by atoms with E-state index in [-0.39, 0.29) is 6.03 Å². The second kappa shape index (κ2) is 10.3. The second-order valence-electron chi connectivity index (χ2n) is 6.79. The van der Waals surface area contributed by atoms with E-state index in [1.165, 1.54) is 31.2 Å². The fourth-order valence-corrected chi connectivity index (χ4v) is 3.31. The van der Waals surface area contributed by atoms with Crippen molar-refractivity contribution in [1.82, 2.24) is 15.5 Å². The number of urea groups is 1. The van der Waals surface area contributed by atoms with Gasteiger partial charge in [0.05, 0.1) is 0 Å². The molecule has 0 saturated heterocycles. The van der Waals surface area contributed by atoms with Crippen molar-refractivity contribution in [2.45, 2.75) is 71.5 Å². The minimum atomic E-state index is -0.0332. The van der Waals surface area contributed by atoms with Gasteiger partial charge in [0.2, 0.25) is 0 Å². The van der Waals surface area contributed by atoms with Crippen LogP contribution in [0.3, 0.4) is 0 Å². The maximum atomic E-state index is 12.1. The monoisotopic (exact) mass is 331 g/mol. The first kappa shape index (κ1) is 18.8. The molecule has 1 fully saturated rings. The Balaban J connectivity index is 1.74. The van der Waals surface area contributed by atoms with Crippen molar-refractivity contribution < 1.29 is 4.79 Å². The topological polar surface area (TPSA) is 44.4 Å². The predicted molar refractivity (Wildman–Crippen MR) is 99.9 cm³/mol. The van der Waals surface area contributed by atoms with Crippen LogP contribution < -0.4 is 10.6 Å². The van der Waals surface area contributed by atoms with E-state index in [2.05, 4.69) is 53.6 Å². The lowest BCUT2D eigenvalue weighted by Gasteiger charge is -2.18. The van der Waals surface area contributed by atoms with Crippen molar-refractivity contribution in [2.75, 3.05) is 13.1 Å². The van der Waals surface area contributed by atoms with E-state index >= 15 is 0 Å². The number of nitrogens with one attached hydrogen (secondary N) is 2. The molecule has 0 heterocycles. The van der Waals surface area contributed by atoms with E-state index in [0.29, 0.717) is 12.6 Å². The average Bonchev–Trinajstić information content (AvgIpc) is 2.87. The van der Waals surface area contributed by atoms with Crippen LogP contribution >= 0.6 is 0 Å². The number of carbonyl (C=O) groups is 1. The molecule has 134 valence electrons. The summed E-state index contributed by atoms with van der Waals surface area (Å²) >= 11 is 0. The first-order valence-corrected chi connectivity index (χ1v) is 9.55. The predicted octanol–water partition coefficient (Wildman–Crippen LogP) is 4.05. The Morgan fingerprint density at radius 2 is 1.58 bits per heavy atom. The van der Waals surface area contributed by atoms with Crippen molar-refractivity contribution in [3.8, 4) is 0 Å². The molecule has 1 aromatic carbocycles. The number of carbonyl (C=O) groups excluding carboxylic acids is 1. The Kier molecular flexibility index (Phi) is 8.10. The van der Waals surface area contributed by atoms with E-state index in [9.17, 15) is 4.79 Å². The lowest BCUT2D eigenvalue weighted by molar-refractivity contribution is 0.235. The van der Waals surface area contributed by atoms with Crippen molar-refractivity contribution in [3.63, 3.8) is 0 Å². The number of hydrogen-bond acceptors (Lipinski definition) is 2. The van der Waals surface area contributed by atoms with Gasteiger partial charge in [-0.2, -0.15) is 0 Å². The number of amides is 2. The highest BCUT2D eigenvalue weighted by molar-refractivity contribution is 5.74. The molecule has 1 aliphatic carbocycles. The number of hydrogen-bond donors (Lipinski definition) is 2. The first-order valence-electron chi connectivity index (χ1n) is 9.55. The fraction of sp³-hybridized carbons (Fsp3) is 0.650. The van der Waals surface area contributed by atoms with Crippen molar-refractivity contribution in [2.24, 2.45) is 0 Å². The molecule has 0 spiro atoms. The average molecular weight is 332 g/mol. The van der Waals surface area contributed by atoms with Gasteiger partial charge in [-0.25, -0.2) is 4.79 Å². The molecule has 1 aliphatic rings. The highest BCUT2D eigenvalue weighted by Crippen LogP contribution is 2.17. The van der Waals surface area contributed by atoms with Gasteiger partial charge < -0.3 is 10.6 Å². The minimum absolute atomic E-state index is 0.0332. The van der Waals surface area contributed by atoms with E-state index in [1.54, 1.807) is 0 Å². The second-order valence-corrected chi connectivity index (χ2v) is 6.79. The van der Waals surface area contributed by atoms with Crippen LogP contribution in [-0.4, -0.2) is 30.1 Å². The lowest BCUT2D eigenvalue weighted by Crippen LogP contribution is -2.41. The Bertz CT molecular complexity index is 474. The van der Waals surface area contributed by atoms with Crippen LogP contribution in [0.5, 0.6) is 0 Å². The van der Waals surface area contributed by atoms with Gasteiger partial charge in [0.25, 0.3) is 0 Å². The molecule has 0 aromatic heterocycles. The summed E-state index contributed by atoms with van der Waals surface area (Å²) in [6.45, 7) is 8.10. The van der Waals surface area contributed by atoms with Crippen LogP contribution in [0.15, 0.2) is 24.3 Å². The molecule has 4 heteroatoms. The molecule has 0 atom stereocenters. The standard InChI is InChI=1S/C20H33N3O/c1-3-23(4-2)16-18-13-11-17(12-14-18)15-21-20(24)22-19-9-7-5-6-8-10-19/h11-14,19H,3-10,15-16H2,1-2H3,(H2,21,22,24). The quantitative estimate of drug-likeness (QED) is 0.740. The summed E-state index contributed by atoms with van der Waals surface area (Å²) in [6, 6.07) is 8.88. The fourth-order valence-electron chi connectivity index (χ4n) is 3.31. The van der Waals surface area contributed by atoms with Crippen LogP contribution in [0, 0.1) is 0 Å². The van der Waals surface area contributed by atoms with Gasteiger partial charge in [-0.1, -0.05) is 63.8 Å².